The fourth-order valence-corrected chi connectivity index (χ4v) is 5.33. The van der Waals surface area contributed by atoms with Crippen LogP contribution in [0.5, 0.6) is 0 Å². The summed E-state index contributed by atoms with van der Waals surface area (Å²) in [4.78, 5) is 4.06. The molecule has 1 unspecified atom stereocenters. The van der Waals surface area contributed by atoms with Gasteiger partial charge in [-0.05, 0) is 31.4 Å². The average molecular weight is 323 g/mol. The minimum atomic E-state index is -3.57. The number of fused-ring (bicyclic) bond motifs is 1. The van der Waals surface area contributed by atoms with E-state index < -0.39 is 10.0 Å². The number of hydrogen-bond donors (Lipinski definition) is 1. The minimum Gasteiger partial charge on any atom is -0.324 e. The number of para-hydroxylation sites is 1. The molecule has 1 aromatic heterocycles. The largest absolute Gasteiger partial charge is 0.324 e. The summed E-state index contributed by atoms with van der Waals surface area (Å²) in [5.41, 5.74) is 7.74. The number of hydrogen-bond acceptors (Lipinski definition) is 5. The maximum absolute atomic E-state index is 12.9. The molecule has 1 aromatic carbocycles. The number of anilines is 1. The van der Waals surface area contributed by atoms with Crippen molar-refractivity contribution < 1.29 is 8.42 Å². The van der Waals surface area contributed by atoms with Crippen molar-refractivity contribution in [3.63, 3.8) is 0 Å². The highest BCUT2D eigenvalue weighted by Crippen LogP contribution is 2.35. The van der Waals surface area contributed by atoms with Gasteiger partial charge in [0.1, 0.15) is 0 Å². The zero-order valence-electron chi connectivity index (χ0n) is 11.7. The minimum absolute atomic E-state index is 0.121. The van der Waals surface area contributed by atoms with E-state index in [0.717, 1.165) is 23.4 Å². The van der Waals surface area contributed by atoms with E-state index in [0.29, 0.717) is 12.2 Å². The van der Waals surface area contributed by atoms with E-state index in [2.05, 4.69) is 4.98 Å². The lowest BCUT2D eigenvalue weighted by Gasteiger charge is -2.24. The zero-order chi connectivity index (χ0) is 15.0. The van der Waals surface area contributed by atoms with Gasteiger partial charge in [-0.15, -0.1) is 11.3 Å². The van der Waals surface area contributed by atoms with Gasteiger partial charge in [0, 0.05) is 12.6 Å². The Morgan fingerprint density at radius 2 is 2.14 bits per heavy atom. The van der Waals surface area contributed by atoms with E-state index in [-0.39, 0.29) is 10.3 Å². The highest BCUT2D eigenvalue weighted by Gasteiger charge is 2.31. The van der Waals surface area contributed by atoms with Crippen molar-refractivity contribution >= 4 is 27.0 Å². The van der Waals surface area contributed by atoms with Gasteiger partial charge in [0.15, 0.2) is 4.21 Å². The molecule has 0 radical (unpaired) electrons. The number of rotatable bonds is 2. The van der Waals surface area contributed by atoms with E-state index in [1.54, 1.807) is 6.92 Å². The fourth-order valence-electron chi connectivity index (χ4n) is 2.58. The molecule has 1 aliphatic heterocycles. The number of nitrogens with two attached hydrogens (primary N) is 1. The van der Waals surface area contributed by atoms with Crippen LogP contribution in [-0.4, -0.2) is 19.9 Å². The standard InChI is InChI=1S/C14H17N3O2S2/c1-10-16-9-14(20-10)21(18,19)17-8-4-6-12(15)11-5-2-3-7-13(11)17/h2-3,5,7,9,12H,4,6,8,15H2,1H3. The van der Waals surface area contributed by atoms with Crippen LogP contribution < -0.4 is 10.0 Å². The van der Waals surface area contributed by atoms with Crippen LogP contribution in [0, 0.1) is 6.92 Å². The molecule has 0 amide bonds. The van der Waals surface area contributed by atoms with Crippen LogP contribution in [0.2, 0.25) is 0 Å². The van der Waals surface area contributed by atoms with E-state index in [1.807, 2.05) is 24.3 Å². The highest BCUT2D eigenvalue weighted by molar-refractivity contribution is 7.94. The first-order chi connectivity index (χ1) is 10.00. The van der Waals surface area contributed by atoms with Gasteiger partial charge in [-0.25, -0.2) is 13.4 Å². The number of benzene rings is 1. The van der Waals surface area contributed by atoms with E-state index in [4.69, 9.17) is 5.73 Å². The third kappa shape index (κ3) is 2.56. The smallest absolute Gasteiger partial charge is 0.275 e. The number of aryl methyl sites for hydroxylation is 1. The van der Waals surface area contributed by atoms with Crippen LogP contribution >= 0.6 is 11.3 Å². The lowest BCUT2D eigenvalue weighted by Crippen LogP contribution is -2.31. The van der Waals surface area contributed by atoms with Crippen molar-refractivity contribution in [1.82, 2.24) is 4.98 Å². The Labute approximate surface area is 128 Å². The van der Waals surface area contributed by atoms with E-state index >= 15 is 0 Å². The Balaban J connectivity index is 2.12. The molecule has 0 aliphatic carbocycles. The molecule has 0 saturated heterocycles. The quantitative estimate of drug-likeness (QED) is 0.921. The third-order valence-corrected chi connectivity index (χ3v) is 6.79. The summed E-state index contributed by atoms with van der Waals surface area (Å²) in [5.74, 6) is 0. The Morgan fingerprint density at radius 1 is 1.38 bits per heavy atom. The summed E-state index contributed by atoms with van der Waals surface area (Å²) in [7, 11) is -3.57. The summed E-state index contributed by atoms with van der Waals surface area (Å²) >= 11 is 1.20. The Kier molecular flexibility index (Phi) is 3.73. The summed E-state index contributed by atoms with van der Waals surface area (Å²) in [6, 6.07) is 7.35. The number of nitrogens with zero attached hydrogens (tertiary/aromatic N) is 2. The second-order valence-corrected chi connectivity index (χ2v) is 8.41. The molecule has 1 atom stereocenters. The van der Waals surface area contributed by atoms with Crippen molar-refractivity contribution in [2.45, 2.75) is 30.0 Å². The van der Waals surface area contributed by atoms with Crippen LogP contribution in [0.25, 0.3) is 0 Å². The van der Waals surface area contributed by atoms with E-state index in [1.165, 1.54) is 21.8 Å². The van der Waals surface area contributed by atoms with Gasteiger partial charge >= 0.3 is 0 Å². The van der Waals surface area contributed by atoms with Gasteiger partial charge in [0.05, 0.1) is 16.9 Å². The van der Waals surface area contributed by atoms with Crippen molar-refractivity contribution in [2.24, 2.45) is 5.73 Å². The summed E-state index contributed by atoms with van der Waals surface area (Å²) in [6.45, 7) is 2.25. The van der Waals surface area contributed by atoms with Gasteiger partial charge in [0.2, 0.25) is 0 Å². The molecule has 2 aromatic rings. The van der Waals surface area contributed by atoms with Crippen LogP contribution in [-0.2, 0) is 10.0 Å². The molecule has 5 nitrogen and oxygen atoms in total. The Bertz CT molecular complexity index is 755. The van der Waals surface area contributed by atoms with E-state index in [9.17, 15) is 8.42 Å². The maximum atomic E-state index is 12.9. The maximum Gasteiger partial charge on any atom is 0.275 e. The van der Waals surface area contributed by atoms with Crippen LogP contribution in [0.3, 0.4) is 0 Å². The van der Waals surface area contributed by atoms with Crippen molar-refractivity contribution in [3.05, 3.63) is 41.0 Å². The zero-order valence-corrected chi connectivity index (χ0v) is 13.3. The lowest BCUT2D eigenvalue weighted by atomic mass is 10.0. The normalized spacial score (nSPS) is 19.1. The number of aromatic nitrogens is 1. The summed E-state index contributed by atoms with van der Waals surface area (Å²) in [5, 5.41) is 0.744. The SMILES string of the molecule is Cc1ncc(S(=O)(=O)N2CCCC(N)c3ccccc32)s1. The molecule has 3 rings (SSSR count). The van der Waals surface area contributed by atoms with Gasteiger partial charge in [-0.1, -0.05) is 18.2 Å². The molecule has 0 saturated carbocycles. The second-order valence-electron chi connectivity index (χ2n) is 5.08. The first-order valence-corrected chi connectivity index (χ1v) is 9.05. The first kappa shape index (κ1) is 14.5. The Morgan fingerprint density at radius 3 is 2.86 bits per heavy atom. The number of thiazole rings is 1. The van der Waals surface area contributed by atoms with Gasteiger partial charge in [-0.3, -0.25) is 4.31 Å². The Hall–Kier alpha value is -1.44. The van der Waals surface area contributed by atoms with Crippen LogP contribution in [0.1, 0.15) is 29.5 Å². The van der Waals surface area contributed by atoms with Crippen molar-refractivity contribution in [3.8, 4) is 0 Å². The van der Waals surface area contributed by atoms with Gasteiger partial charge in [-0.2, -0.15) is 0 Å². The molecule has 2 heterocycles. The molecular weight excluding hydrogens is 306 g/mol. The highest BCUT2D eigenvalue weighted by atomic mass is 32.2. The molecule has 112 valence electrons. The first-order valence-electron chi connectivity index (χ1n) is 6.80. The predicted octanol–water partition coefficient (Wildman–Crippen LogP) is 2.44. The summed E-state index contributed by atoms with van der Waals surface area (Å²) in [6.07, 6.45) is 2.96. The summed E-state index contributed by atoms with van der Waals surface area (Å²) < 4.78 is 27.5. The van der Waals surface area contributed by atoms with Crippen LogP contribution in [0.15, 0.2) is 34.7 Å². The molecule has 0 bridgehead atoms. The molecule has 1 aliphatic rings. The predicted molar refractivity (Wildman–Crippen MR) is 84.0 cm³/mol. The molecule has 21 heavy (non-hydrogen) atoms. The van der Waals surface area contributed by atoms with Crippen molar-refractivity contribution in [2.75, 3.05) is 10.8 Å². The second kappa shape index (κ2) is 5.40. The van der Waals surface area contributed by atoms with Gasteiger partial charge < -0.3 is 5.73 Å². The molecule has 7 heteroatoms. The number of sulfonamides is 1. The third-order valence-electron chi connectivity index (χ3n) is 3.63. The molecule has 2 N–H and O–H groups in total. The fraction of sp³-hybridized carbons (Fsp3) is 0.357. The molecule has 0 spiro atoms. The topological polar surface area (TPSA) is 76.3 Å². The van der Waals surface area contributed by atoms with Gasteiger partial charge in [0.25, 0.3) is 10.0 Å². The average Bonchev–Trinajstić information content (AvgIpc) is 2.83. The monoisotopic (exact) mass is 323 g/mol. The lowest BCUT2D eigenvalue weighted by molar-refractivity contribution is 0.588. The molecule has 0 fully saturated rings. The van der Waals surface area contributed by atoms with Crippen LogP contribution in [0.4, 0.5) is 5.69 Å². The van der Waals surface area contributed by atoms with Crippen molar-refractivity contribution in [1.29, 1.82) is 0 Å². The molecular formula is C14H17N3O2S2.